The molecule has 0 bridgehead atoms. The molecule has 6 heteroatoms. The summed E-state index contributed by atoms with van der Waals surface area (Å²) in [4.78, 5) is 41.0. The molecule has 0 aliphatic heterocycles. The van der Waals surface area contributed by atoms with Crippen molar-refractivity contribution in [2.45, 2.75) is 72.8 Å². The van der Waals surface area contributed by atoms with Crippen LogP contribution in [0, 0.1) is 10.8 Å². The molecule has 0 spiro atoms. The molecule has 0 aromatic rings. The van der Waals surface area contributed by atoms with Crippen LogP contribution in [-0.2, 0) is 24.0 Å². The van der Waals surface area contributed by atoms with Crippen LogP contribution in [0.15, 0.2) is 11.1 Å². The highest BCUT2D eigenvalue weighted by Crippen LogP contribution is 2.49. The number of Topliss-reactive ketones (excluding diaryl/α,β-unsaturated/α-hetero) is 1. The lowest BCUT2D eigenvalue weighted by molar-refractivity contribution is -0.166. The Bertz CT molecular complexity index is 601. The second kappa shape index (κ2) is 7.28. The minimum atomic E-state index is -0.750. The largest absolute Gasteiger partial charge is 0.453 e. The van der Waals surface area contributed by atoms with Gasteiger partial charge >= 0.3 is 11.9 Å². The molecule has 6 nitrogen and oxygen atoms in total. The van der Waals surface area contributed by atoms with E-state index in [9.17, 15) is 14.4 Å². The highest BCUT2D eigenvalue weighted by atomic mass is 16.7. The highest BCUT2D eigenvalue weighted by molar-refractivity contribution is 6.01. The fourth-order valence-electron chi connectivity index (χ4n) is 3.64. The molecule has 140 valence electrons. The standard InChI is InChI=1S/C19H29NO5/c1-12-13-8-6-7-9-19(13,5)10-14(16(12)22)24-15(21)11-20-25-17(23)18(2,3)4/h14,20H,6-11H2,1-5H3/t14-,19+/m1/s1. The Morgan fingerprint density at radius 1 is 1.28 bits per heavy atom. The molecule has 0 heterocycles. The number of fused-ring (bicyclic) bond motifs is 1. The van der Waals surface area contributed by atoms with Crippen molar-refractivity contribution >= 4 is 17.7 Å². The van der Waals surface area contributed by atoms with Crippen LogP contribution >= 0.6 is 0 Å². The molecule has 1 saturated carbocycles. The number of allylic oxidation sites excluding steroid dienone is 1. The summed E-state index contributed by atoms with van der Waals surface area (Å²) in [7, 11) is 0. The van der Waals surface area contributed by atoms with E-state index in [0.29, 0.717) is 6.42 Å². The molecule has 2 aliphatic rings. The summed E-state index contributed by atoms with van der Waals surface area (Å²) in [5, 5.41) is 0. The molecule has 0 radical (unpaired) electrons. The van der Waals surface area contributed by atoms with Gasteiger partial charge in [0.2, 0.25) is 0 Å². The average molecular weight is 351 g/mol. The van der Waals surface area contributed by atoms with Gasteiger partial charge in [-0.3, -0.25) is 9.59 Å². The van der Waals surface area contributed by atoms with Crippen LogP contribution in [0.3, 0.4) is 0 Å². The van der Waals surface area contributed by atoms with Crippen molar-refractivity contribution in [2.24, 2.45) is 10.8 Å². The summed E-state index contributed by atoms with van der Waals surface area (Å²) >= 11 is 0. The van der Waals surface area contributed by atoms with E-state index in [1.165, 1.54) is 5.57 Å². The molecule has 0 amide bonds. The summed E-state index contributed by atoms with van der Waals surface area (Å²) in [6.07, 6.45) is 4.00. The zero-order valence-electron chi connectivity index (χ0n) is 15.9. The molecule has 25 heavy (non-hydrogen) atoms. The van der Waals surface area contributed by atoms with Gasteiger partial charge < -0.3 is 9.57 Å². The average Bonchev–Trinajstić information content (AvgIpc) is 2.51. The number of carbonyl (C=O) groups excluding carboxylic acids is 3. The number of carbonyl (C=O) groups is 3. The molecule has 1 N–H and O–H groups in total. The summed E-state index contributed by atoms with van der Waals surface area (Å²) in [5.41, 5.74) is 3.58. The van der Waals surface area contributed by atoms with Crippen LogP contribution in [0.5, 0.6) is 0 Å². The van der Waals surface area contributed by atoms with Gasteiger partial charge in [-0.15, -0.1) is 5.48 Å². The maximum absolute atomic E-state index is 12.5. The van der Waals surface area contributed by atoms with E-state index in [-0.39, 0.29) is 17.7 Å². The lowest BCUT2D eigenvalue weighted by atomic mass is 9.63. The van der Waals surface area contributed by atoms with E-state index in [0.717, 1.165) is 31.3 Å². The van der Waals surface area contributed by atoms with Crippen molar-refractivity contribution in [3.8, 4) is 0 Å². The van der Waals surface area contributed by atoms with E-state index in [2.05, 4.69) is 12.4 Å². The topological polar surface area (TPSA) is 81.7 Å². The van der Waals surface area contributed by atoms with E-state index >= 15 is 0 Å². The first-order valence-corrected chi connectivity index (χ1v) is 8.93. The number of rotatable bonds is 4. The smallest absolute Gasteiger partial charge is 0.329 e. The van der Waals surface area contributed by atoms with Gasteiger partial charge in [0.05, 0.1) is 5.41 Å². The Kier molecular flexibility index (Phi) is 5.72. The van der Waals surface area contributed by atoms with Gasteiger partial charge in [0.15, 0.2) is 11.9 Å². The van der Waals surface area contributed by atoms with Gasteiger partial charge in [-0.25, -0.2) is 4.79 Å². The SMILES string of the molecule is CC1=C2CCCC[C@@]2(C)C[C@@H](OC(=O)CNOC(=O)C(C)(C)C)C1=O. The molecule has 2 aliphatic carbocycles. The van der Waals surface area contributed by atoms with Crippen molar-refractivity contribution in [3.05, 3.63) is 11.1 Å². The molecule has 0 aromatic carbocycles. The minimum absolute atomic E-state index is 0.0622. The van der Waals surface area contributed by atoms with Crippen LogP contribution in [-0.4, -0.2) is 30.4 Å². The Morgan fingerprint density at radius 3 is 2.60 bits per heavy atom. The number of hydroxylamine groups is 1. The van der Waals surface area contributed by atoms with Crippen molar-refractivity contribution < 1.29 is 24.0 Å². The number of hydrogen-bond acceptors (Lipinski definition) is 6. The molecule has 2 rings (SSSR count). The predicted octanol–water partition coefficient (Wildman–Crippen LogP) is 2.86. The van der Waals surface area contributed by atoms with Crippen LogP contribution in [0.25, 0.3) is 0 Å². The van der Waals surface area contributed by atoms with Gasteiger partial charge in [-0.05, 0) is 57.9 Å². The number of nitrogens with one attached hydrogen (secondary N) is 1. The maximum Gasteiger partial charge on any atom is 0.329 e. The third-order valence-electron chi connectivity index (χ3n) is 5.15. The van der Waals surface area contributed by atoms with E-state index in [1.807, 2.05) is 6.92 Å². The molecule has 0 aromatic heterocycles. The van der Waals surface area contributed by atoms with Crippen molar-refractivity contribution in [2.75, 3.05) is 6.54 Å². The molecule has 1 fully saturated rings. The van der Waals surface area contributed by atoms with E-state index < -0.39 is 23.5 Å². The first-order chi connectivity index (χ1) is 11.5. The summed E-state index contributed by atoms with van der Waals surface area (Å²) in [5.74, 6) is -1.17. The van der Waals surface area contributed by atoms with Gasteiger partial charge in [-0.2, -0.15) is 0 Å². The lowest BCUT2D eigenvalue weighted by Gasteiger charge is -2.43. The molecule has 2 atom stereocenters. The summed E-state index contributed by atoms with van der Waals surface area (Å²) in [6.45, 7) is 8.86. The first-order valence-electron chi connectivity index (χ1n) is 8.93. The Balaban J connectivity index is 1.92. The fourth-order valence-corrected chi connectivity index (χ4v) is 3.64. The second-order valence-corrected chi connectivity index (χ2v) is 8.38. The third kappa shape index (κ3) is 4.48. The monoisotopic (exact) mass is 351 g/mol. The Labute approximate surface area is 149 Å². The van der Waals surface area contributed by atoms with Crippen molar-refractivity contribution in [1.82, 2.24) is 5.48 Å². The summed E-state index contributed by atoms with van der Waals surface area (Å²) in [6, 6.07) is 0. The van der Waals surface area contributed by atoms with Gasteiger partial charge in [0.25, 0.3) is 0 Å². The van der Waals surface area contributed by atoms with Crippen LogP contribution in [0.1, 0.15) is 66.7 Å². The zero-order chi connectivity index (χ0) is 18.8. The minimum Gasteiger partial charge on any atom is -0.453 e. The predicted molar refractivity (Wildman–Crippen MR) is 92.3 cm³/mol. The van der Waals surface area contributed by atoms with Crippen molar-refractivity contribution in [1.29, 1.82) is 0 Å². The fraction of sp³-hybridized carbons (Fsp3) is 0.737. The number of ether oxygens (including phenoxy) is 1. The Morgan fingerprint density at radius 2 is 1.96 bits per heavy atom. The molecular formula is C19H29NO5. The summed E-state index contributed by atoms with van der Waals surface area (Å²) < 4.78 is 5.38. The highest BCUT2D eigenvalue weighted by Gasteiger charge is 2.44. The van der Waals surface area contributed by atoms with Gasteiger partial charge in [-0.1, -0.05) is 18.9 Å². The maximum atomic E-state index is 12.5. The first kappa shape index (κ1) is 19.6. The van der Waals surface area contributed by atoms with Crippen molar-refractivity contribution in [3.63, 3.8) is 0 Å². The van der Waals surface area contributed by atoms with Gasteiger partial charge in [0.1, 0.15) is 6.54 Å². The zero-order valence-corrected chi connectivity index (χ0v) is 15.9. The lowest BCUT2D eigenvalue weighted by Crippen LogP contribution is -2.43. The molecule has 0 saturated heterocycles. The van der Waals surface area contributed by atoms with E-state index in [1.54, 1.807) is 20.8 Å². The van der Waals surface area contributed by atoms with Crippen LogP contribution < -0.4 is 5.48 Å². The Hall–Kier alpha value is -1.69. The number of ketones is 1. The normalized spacial score (nSPS) is 26.9. The van der Waals surface area contributed by atoms with E-state index in [4.69, 9.17) is 9.57 Å². The molecule has 0 unspecified atom stereocenters. The molecular weight excluding hydrogens is 322 g/mol. The number of hydrogen-bond donors (Lipinski definition) is 1. The van der Waals surface area contributed by atoms with Crippen LogP contribution in [0.4, 0.5) is 0 Å². The van der Waals surface area contributed by atoms with Gasteiger partial charge in [0, 0.05) is 6.42 Å². The van der Waals surface area contributed by atoms with Crippen LogP contribution in [0.2, 0.25) is 0 Å². The third-order valence-corrected chi connectivity index (χ3v) is 5.15. The second-order valence-electron chi connectivity index (χ2n) is 8.38. The quantitative estimate of drug-likeness (QED) is 0.619. The number of esters is 1.